The van der Waals surface area contributed by atoms with Crippen molar-refractivity contribution < 1.29 is 9.15 Å². The van der Waals surface area contributed by atoms with Gasteiger partial charge in [-0.25, -0.2) is 0 Å². The van der Waals surface area contributed by atoms with E-state index in [9.17, 15) is 0 Å². The number of nitrogens with zero attached hydrogens (tertiary/aromatic N) is 3. The lowest BCUT2D eigenvalue weighted by atomic mass is 9.93. The van der Waals surface area contributed by atoms with E-state index in [1.54, 1.807) is 0 Å². The lowest BCUT2D eigenvalue weighted by Crippen LogP contribution is -2.16. The number of benzene rings is 2. The van der Waals surface area contributed by atoms with Crippen LogP contribution in [0.25, 0.3) is 22.2 Å². The molecular formula is C25H26N4O2. The van der Waals surface area contributed by atoms with E-state index in [4.69, 9.17) is 14.1 Å². The first kappa shape index (κ1) is 19.7. The van der Waals surface area contributed by atoms with E-state index in [2.05, 4.69) is 47.6 Å². The summed E-state index contributed by atoms with van der Waals surface area (Å²) in [7, 11) is 0. The third-order valence-corrected chi connectivity index (χ3v) is 5.97. The predicted octanol–water partition coefficient (Wildman–Crippen LogP) is 5.66. The number of hydrogen-bond acceptors (Lipinski definition) is 6. The van der Waals surface area contributed by atoms with Gasteiger partial charge in [0.2, 0.25) is 12.3 Å². The maximum absolute atomic E-state index is 5.70. The third kappa shape index (κ3) is 4.03. The van der Waals surface area contributed by atoms with Crippen molar-refractivity contribution in [3.8, 4) is 11.5 Å². The molecule has 1 unspecified atom stereocenters. The Bertz CT molecular complexity index is 1180. The number of anilines is 1. The SMILES string of the molecule is Cc1cc([C@@H](C)Nc2ccccc2-c2nnco2)c2cc(C3CCCOC3)ncc2c1. The van der Waals surface area contributed by atoms with Gasteiger partial charge in [0.05, 0.1) is 12.2 Å². The van der Waals surface area contributed by atoms with Gasteiger partial charge in [0.1, 0.15) is 0 Å². The van der Waals surface area contributed by atoms with Crippen LogP contribution in [-0.2, 0) is 4.74 Å². The van der Waals surface area contributed by atoms with E-state index in [0.29, 0.717) is 11.8 Å². The van der Waals surface area contributed by atoms with E-state index in [-0.39, 0.29) is 6.04 Å². The molecule has 0 amide bonds. The number of fused-ring (bicyclic) bond motifs is 1. The molecule has 5 rings (SSSR count). The summed E-state index contributed by atoms with van der Waals surface area (Å²) in [5, 5.41) is 14.0. The molecule has 2 aromatic carbocycles. The molecule has 6 nitrogen and oxygen atoms in total. The molecule has 1 N–H and O–H groups in total. The van der Waals surface area contributed by atoms with Crippen LogP contribution in [0.3, 0.4) is 0 Å². The average Bonchev–Trinajstić information content (AvgIpc) is 3.34. The molecule has 6 heteroatoms. The maximum atomic E-state index is 5.70. The van der Waals surface area contributed by atoms with Crippen LogP contribution >= 0.6 is 0 Å². The molecule has 0 saturated carbocycles. The Morgan fingerprint density at radius 1 is 1.16 bits per heavy atom. The zero-order valence-corrected chi connectivity index (χ0v) is 17.8. The van der Waals surface area contributed by atoms with E-state index in [1.807, 2.05) is 30.5 Å². The second-order valence-corrected chi connectivity index (χ2v) is 8.25. The second-order valence-electron chi connectivity index (χ2n) is 8.25. The van der Waals surface area contributed by atoms with Crippen molar-refractivity contribution in [3.05, 3.63) is 71.9 Å². The molecule has 4 aromatic rings. The molecule has 0 aliphatic carbocycles. The largest absolute Gasteiger partial charge is 0.423 e. The van der Waals surface area contributed by atoms with Crippen LogP contribution in [0.15, 0.2) is 59.5 Å². The fourth-order valence-corrected chi connectivity index (χ4v) is 4.41. The molecule has 0 radical (unpaired) electrons. The van der Waals surface area contributed by atoms with Gasteiger partial charge in [-0.1, -0.05) is 23.8 Å². The van der Waals surface area contributed by atoms with Gasteiger partial charge in [-0.2, -0.15) is 0 Å². The van der Waals surface area contributed by atoms with Crippen LogP contribution in [-0.4, -0.2) is 28.4 Å². The molecule has 0 spiro atoms. The van der Waals surface area contributed by atoms with Gasteiger partial charge < -0.3 is 14.5 Å². The van der Waals surface area contributed by atoms with Crippen LogP contribution < -0.4 is 5.32 Å². The van der Waals surface area contributed by atoms with Crippen molar-refractivity contribution in [2.45, 2.75) is 38.6 Å². The first-order valence-electron chi connectivity index (χ1n) is 10.8. The first-order valence-corrected chi connectivity index (χ1v) is 10.8. The minimum atomic E-state index is 0.0735. The lowest BCUT2D eigenvalue weighted by Gasteiger charge is -2.23. The minimum Gasteiger partial charge on any atom is -0.423 e. The summed E-state index contributed by atoms with van der Waals surface area (Å²) in [5.41, 5.74) is 5.44. The smallest absolute Gasteiger partial charge is 0.249 e. The van der Waals surface area contributed by atoms with Crippen molar-refractivity contribution in [1.29, 1.82) is 0 Å². The normalized spacial score (nSPS) is 17.5. The molecule has 0 bridgehead atoms. The second kappa shape index (κ2) is 8.47. The number of aromatic nitrogens is 3. The van der Waals surface area contributed by atoms with Gasteiger partial charge in [-0.05, 0) is 61.9 Å². The maximum Gasteiger partial charge on any atom is 0.249 e. The molecule has 1 saturated heterocycles. The number of aryl methyl sites for hydroxylation is 1. The number of rotatable bonds is 5. The van der Waals surface area contributed by atoms with E-state index >= 15 is 0 Å². The Balaban J connectivity index is 1.52. The van der Waals surface area contributed by atoms with Gasteiger partial charge in [0.25, 0.3) is 0 Å². The molecule has 1 aliphatic rings. The summed E-state index contributed by atoms with van der Waals surface area (Å²) in [4.78, 5) is 4.78. The topological polar surface area (TPSA) is 73.1 Å². The van der Waals surface area contributed by atoms with Gasteiger partial charge in [0, 0.05) is 41.5 Å². The van der Waals surface area contributed by atoms with Gasteiger partial charge >= 0.3 is 0 Å². The van der Waals surface area contributed by atoms with Crippen LogP contribution in [0.2, 0.25) is 0 Å². The first-order chi connectivity index (χ1) is 15.2. The summed E-state index contributed by atoms with van der Waals surface area (Å²) in [6, 6.07) is 14.8. The predicted molar refractivity (Wildman–Crippen MR) is 121 cm³/mol. The summed E-state index contributed by atoms with van der Waals surface area (Å²) in [6.45, 7) is 5.92. The summed E-state index contributed by atoms with van der Waals surface area (Å²) in [5.74, 6) is 0.877. The monoisotopic (exact) mass is 414 g/mol. The highest BCUT2D eigenvalue weighted by atomic mass is 16.5. The van der Waals surface area contributed by atoms with E-state index in [1.165, 1.54) is 22.9 Å². The van der Waals surface area contributed by atoms with Crippen molar-refractivity contribution in [2.75, 3.05) is 18.5 Å². The zero-order valence-electron chi connectivity index (χ0n) is 17.8. The summed E-state index contributed by atoms with van der Waals surface area (Å²) >= 11 is 0. The van der Waals surface area contributed by atoms with E-state index < -0.39 is 0 Å². The minimum absolute atomic E-state index is 0.0735. The van der Waals surface area contributed by atoms with Crippen LogP contribution in [0.1, 0.15) is 48.5 Å². The molecule has 2 aromatic heterocycles. The summed E-state index contributed by atoms with van der Waals surface area (Å²) in [6.07, 6.45) is 5.59. The molecular weight excluding hydrogens is 388 g/mol. The Morgan fingerprint density at radius 3 is 2.87 bits per heavy atom. The molecule has 3 heterocycles. The van der Waals surface area contributed by atoms with E-state index in [0.717, 1.165) is 48.4 Å². The van der Waals surface area contributed by atoms with Crippen LogP contribution in [0, 0.1) is 6.92 Å². The fraction of sp³-hybridized carbons (Fsp3) is 0.320. The number of para-hydroxylation sites is 1. The fourth-order valence-electron chi connectivity index (χ4n) is 4.41. The highest BCUT2D eigenvalue weighted by Crippen LogP contribution is 2.34. The van der Waals surface area contributed by atoms with Crippen molar-refractivity contribution in [1.82, 2.24) is 15.2 Å². The number of pyridine rings is 1. The Morgan fingerprint density at radius 2 is 2.06 bits per heavy atom. The Kier molecular flexibility index (Phi) is 5.38. The number of ether oxygens (including phenoxy) is 1. The standard InChI is InChI=1S/C25H26N4O2/c1-16-10-19-13-26-24(18-6-5-9-30-14-18)12-22(19)21(11-16)17(2)28-23-8-4-3-7-20(23)25-29-27-15-31-25/h3-4,7-8,10-13,15,17-18,28H,5-6,9,14H2,1-2H3/t17-,18?/m1/s1. The van der Waals surface area contributed by atoms with Gasteiger partial charge in [0.15, 0.2) is 0 Å². The van der Waals surface area contributed by atoms with Crippen LogP contribution in [0.5, 0.6) is 0 Å². The Labute approximate surface area is 181 Å². The molecule has 158 valence electrons. The van der Waals surface area contributed by atoms with Crippen molar-refractivity contribution in [2.24, 2.45) is 0 Å². The average molecular weight is 415 g/mol. The highest BCUT2D eigenvalue weighted by Gasteiger charge is 2.20. The number of nitrogens with one attached hydrogen (secondary N) is 1. The lowest BCUT2D eigenvalue weighted by molar-refractivity contribution is 0.0793. The molecule has 1 fully saturated rings. The summed E-state index contributed by atoms with van der Waals surface area (Å²) < 4.78 is 11.1. The Hall–Kier alpha value is -3.25. The van der Waals surface area contributed by atoms with Gasteiger partial charge in [-0.15, -0.1) is 10.2 Å². The molecule has 31 heavy (non-hydrogen) atoms. The van der Waals surface area contributed by atoms with Crippen molar-refractivity contribution >= 4 is 16.5 Å². The number of hydrogen-bond donors (Lipinski definition) is 1. The van der Waals surface area contributed by atoms with Gasteiger partial charge in [-0.3, -0.25) is 4.98 Å². The third-order valence-electron chi connectivity index (χ3n) is 5.97. The van der Waals surface area contributed by atoms with Crippen molar-refractivity contribution in [3.63, 3.8) is 0 Å². The zero-order chi connectivity index (χ0) is 21.2. The van der Waals surface area contributed by atoms with Crippen LogP contribution in [0.4, 0.5) is 5.69 Å². The highest BCUT2D eigenvalue weighted by molar-refractivity contribution is 5.87. The quantitative estimate of drug-likeness (QED) is 0.454. The molecule has 1 aliphatic heterocycles. The molecule has 2 atom stereocenters.